The number of hydrogen-bond acceptors (Lipinski definition) is 3. The van der Waals surface area contributed by atoms with Gasteiger partial charge in [-0.1, -0.05) is 47.0 Å². The summed E-state index contributed by atoms with van der Waals surface area (Å²) in [6.45, 7) is 8.16. The van der Waals surface area contributed by atoms with Gasteiger partial charge in [0.15, 0.2) is 0 Å². The van der Waals surface area contributed by atoms with Crippen molar-refractivity contribution in [2.24, 2.45) is 11.8 Å². The molecule has 0 saturated carbocycles. The van der Waals surface area contributed by atoms with Gasteiger partial charge in [-0.3, -0.25) is 9.59 Å². The molecule has 22 heavy (non-hydrogen) atoms. The summed E-state index contributed by atoms with van der Waals surface area (Å²) in [6.07, 6.45) is 9.15. The zero-order valence-electron chi connectivity index (χ0n) is 14.8. The van der Waals surface area contributed by atoms with Crippen LogP contribution in [-0.4, -0.2) is 23.1 Å². The van der Waals surface area contributed by atoms with Gasteiger partial charge in [-0.05, 0) is 38.5 Å². The first-order chi connectivity index (χ1) is 10.5. The molecular weight excluding hydrogens is 280 g/mol. The third-order valence-corrected chi connectivity index (χ3v) is 4.40. The lowest BCUT2D eigenvalue weighted by Gasteiger charge is -2.26. The van der Waals surface area contributed by atoms with E-state index < -0.39 is 5.97 Å². The SMILES string of the molecule is CCC1CCC(CC)C(=O)O1.CCCCCC(CC)C(=O)O. The Morgan fingerprint density at radius 1 is 1.18 bits per heavy atom. The summed E-state index contributed by atoms with van der Waals surface area (Å²) >= 11 is 0. The molecule has 0 aromatic heterocycles. The average Bonchev–Trinajstić information content (AvgIpc) is 2.51. The Hall–Kier alpha value is -1.06. The molecule has 4 heteroatoms. The summed E-state index contributed by atoms with van der Waals surface area (Å²) in [6, 6.07) is 0. The van der Waals surface area contributed by atoms with E-state index in [0.717, 1.165) is 57.8 Å². The molecule has 0 aromatic rings. The molecule has 1 rings (SSSR count). The van der Waals surface area contributed by atoms with Crippen LogP contribution in [0.3, 0.4) is 0 Å². The molecule has 1 N–H and O–H groups in total. The molecule has 1 fully saturated rings. The largest absolute Gasteiger partial charge is 0.481 e. The molecule has 1 aliphatic heterocycles. The van der Waals surface area contributed by atoms with Gasteiger partial charge in [0.2, 0.25) is 0 Å². The number of carboxylic acid groups (broad SMARTS) is 1. The molecule has 1 heterocycles. The summed E-state index contributed by atoms with van der Waals surface area (Å²) in [4.78, 5) is 21.7. The number of rotatable bonds is 8. The molecule has 1 saturated heterocycles. The van der Waals surface area contributed by atoms with Crippen molar-refractivity contribution in [3.63, 3.8) is 0 Å². The molecule has 0 amide bonds. The van der Waals surface area contributed by atoms with Gasteiger partial charge in [-0.25, -0.2) is 0 Å². The zero-order chi connectivity index (χ0) is 17.0. The van der Waals surface area contributed by atoms with E-state index in [1.165, 1.54) is 0 Å². The van der Waals surface area contributed by atoms with Gasteiger partial charge in [0, 0.05) is 0 Å². The van der Waals surface area contributed by atoms with Gasteiger partial charge >= 0.3 is 11.9 Å². The number of ether oxygens (including phenoxy) is 1. The fourth-order valence-electron chi connectivity index (χ4n) is 2.63. The number of unbranched alkanes of at least 4 members (excludes halogenated alkanes) is 2. The minimum Gasteiger partial charge on any atom is -0.481 e. The second kappa shape index (κ2) is 12.5. The standard InChI is InChI=1S/C9H16O2.C9H18O2/c1-3-7-5-6-8(4-2)11-9(7)10;1-3-5-6-7-8(4-2)9(10)11/h7-8H,3-6H2,1-2H3;8H,3-7H2,1-2H3,(H,10,11). The van der Waals surface area contributed by atoms with Crippen LogP contribution in [0.4, 0.5) is 0 Å². The average molecular weight is 314 g/mol. The topological polar surface area (TPSA) is 63.6 Å². The molecule has 0 aromatic carbocycles. The number of hydrogen-bond donors (Lipinski definition) is 1. The van der Waals surface area contributed by atoms with Crippen molar-refractivity contribution in [3.8, 4) is 0 Å². The van der Waals surface area contributed by atoms with E-state index in [-0.39, 0.29) is 23.9 Å². The number of carbonyl (C=O) groups excluding carboxylic acids is 1. The van der Waals surface area contributed by atoms with Crippen LogP contribution in [0.15, 0.2) is 0 Å². The number of carbonyl (C=O) groups is 2. The Morgan fingerprint density at radius 2 is 1.86 bits per heavy atom. The van der Waals surface area contributed by atoms with Crippen LogP contribution in [0.2, 0.25) is 0 Å². The zero-order valence-corrected chi connectivity index (χ0v) is 14.8. The molecule has 4 nitrogen and oxygen atoms in total. The Labute approximate surface area is 135 Å². The van der Waals surface area contributed by atoms with E-state index in [4.69, 9.17) is 9.84 Å². The van der Waals surface area contributed by atoms with E-state index in [0.29, 0.717) is 0 Å². The number of carboxylic acids is 1. The Morgan fingerprint density at radius 3 is 2.27 bits per heavy atom. The molecular formula is C18H34O4. The minimum absolute atomic E-state index is 0.0191. The lowest BCUT2D eigenvalue weighted by Crippen LogP contribution is -2.30. The normalized spacial score (nSPS) is 22.3. The predicted octanol–water partition coefficient (Wildman–Crippen LogP) is 4.81. The number of esters is 1. The summed E-state index contributed by atoms with van der Waals surface area (Å²) < 4.78 is 5.20. The summed E-state index contributed by atoms with van der Waals surface area (Å²) in [5, 5.41) is 8.67. The van der Waals surface area contributed by atoms with Crippen LogP contribution in [0, 0.1) is 11.8 Å². The first-order valence-corrected chi connectivity index (χ1v) is 8.93. The summed E-state index contributed by atoms with van der Waals surface area (Å²) in [7, 11) is 0. The van der Waals surface area contributed by atoms with E-state index in [1.54, 1.807) is 0 Å². The fraction of sp³-hybridized carbons (Fsp3) is 0.889. The molecule has 0 spiro atoms. The summed E-state index contributed by atoms with van der Waals surface area (Å²) in [5.41, 5.74) is 0. The smallest absolute Gasteiger partial charge is 0.309 e. The van der Waals surface area contributed by atoms with Crippen LogP contribution >= 0.6 is 0 Å². The van der Waals surface area contributed by atoms with E-state index in [2.05, 4.69) is 13.8 Å². The van der Waals surface area contributed by atoms with Crippen LogP contribution < -0.4 is 0 Å². The lowest BCUT2D eigenvalue weighted by molar-refractivity contribution is -0.160. The van der Waals surface area contributed by atoms with Gasteiger partial charge in [0.05, 0.1) is 11.8 Å². The van der Waals surface area contributed by atoms with Gasteiger partial charge in [-0.2, -0.15) is 0 Å². The molecule has 0 bridgehead atoms. The maximum Gasteiger partial charge on any atom is 0.309 e. The van der Waals surface area contributed by atoms with Gasteiger partial charge in [0.25, 0.3) is 0 Å². The number of aliphatic carboxylic acids is 1. The highest BCUT2D eigenvalue weighted by molar-refractivity contribution is 5.73. The maximum atomic E-state index is 11.2. The molecule has 0 radical (unpaired) electrons. The van der Waals surface area contributed by atoms with Crippen molar-refractivity contribution in [3.05, 3.63) is 0 Å². The van der Waals surface area contributed by atoms with Crippen LogP contribution in [-0.2, 0) is 14.3 Å². The summed E-state index contributed by atoms with van der Waals surface area (Å²) in [5.74, 6) is -0.548. The van der Waals surface area contributed by atoms with Crippen molar-refractivity contribution in [2.45, 2.75) is 91.6 Å². The van der Waals surface area contributed by atoms with Gasteiger partial charge < -0.3 is 9.84 Å². The number of cyclic esters (lactones) is 1. The third kappa shape index (κ3) is 8.40. The first kappa shape index (κ1) is 20.9. The maximum absolute atomic E-state index is 11.2. The molecule has 0 aliphatic carbocycles. The van der Waals surface area contributed by atoms with Crippen molar-refractivity contribution < 1.29 is 19.4 Å². The highest BCUT2D eigenvalue weighted by Crippen LogP contribution is 2.23. The van der Waals surface area contributed by atoms with Crippen LogP contribution in [0.25, 0.3) is 0 Å². The van der Waals surface area contributed by atoms with Gasteiger partial charge in [0.1, 0.15) is 6.10 Å². The minimum atomic E-state index is -0.636. The van der Waals surface area contributed by atoms with Crippen LogP contribution in [0.1, 0.15) is 85.5 Å². The van der Waals surface area contributed by atoms with Crippen LogP contribution in [0.5, 0.6) is 0 Å². The molecule has 1 aliphatic rings. The van der Waals surface area contributed by atoms with Crippen molar-refractivity contribution in [1.29, 1.82) is 0 Å². The van der Waals surface area contributed by atoms with Crippen molar-refractivity contribution in [2.75, 3.05) is 0 Å². The third-order valence-electron chi connectivity index (χ3n) is 4.40. The monoisotopic (exact) mass is 314 g/mol. The Bertz CT molecular complexity index is 310. The molecule has 130 valence electrons. The second-order valence-corrected chi connectivity index (χ2v) is 6.09. The van der Waals surface area contributed by atoms with Crippen molar-refractivity contribution in [1.82, 2.24) is 0 Å². The quantitative estimate of drug-likeness (QED) is 0.516. The van der Waals surface area contributed by atoms with E-state index in [9.17, 15) is 9.59 Å². The van der Waals surface area contributed by atoms with Gasteiger partial charge in [-0.15, -0.1) is 0 Å². The Balaban J connectivity index is 0.000000401. The highest BCUT2D eigenvalue weighted by atomic mass is 16.5. The lowest BCUT2D eigenvalue weighted by atomic mass is 9.95. The molecule has 3 atom stereocenters. The first-order valence-electron chi connectivity index (χ1n) is 8.93. The fourth-order valence-corrected chi connectivity index (χ4v) is 2.63. The van der Waals surface area contributed by atoms with E-state index in [1.807, 2.05) is 13.8 Å². The predicted molar refractivity (Wildman–Crippen MR) is 88.7 cm³/mol. The molecule has 3 unspecified atom stereocenters. The second-order valence-electron chi connectivity index (χ2n) is 6.09. The van der Waals surface area contributed by atoms with E-state index >= 15 is 0 Å². The van der Waals surface area contributed by atoms with Crippen molar-refractivity contribution >= 4 is 11.9 Å². The Kier molecular flexibility index (Phi) is 11.9. The highest BCUT2D eigenvalue weighted by Gasteiger charge is 2.27.